The Labute approximate surface area is 211 Å². The van der Waals surface area contributed by atoms with Crippen LogP contribution in [0.15, 0.2) is 28.8 Å². The molecule has 1 aromatic heterocycles. The Morgan fingerprint density at radius 1 is 1.29 bits per heavy atom. The fraction of sp³-hybridized carbons (Fsp3) is 0.545. The van der Waals surface area contributed by atoms with Crippen LogP contribution in [-0.2, 0) is 35.0 Å². The van der Waals surface area contributed by atoms with Gasteiger partial charge in [-0.2, -0.15) is 0 Å². The summed E-state index contributed by atoms with van der Waals surface area (Å²) in [5, 5.41) is 3.87. The number of rotatable bonds is 12. The highest BCUT2D eigenvalue weighted by Crippen LogP contribution is 2.46. The second-order valence-corrected chi connectivity index (χ2v) is 9.91. The molecule has 3 amide bonds. The highest BCUT2D eigenvalue weighted by molar-refractivity contribution is 8.00. The third-order valence-electron chi connectivity index (χ3n) is 5.79. The van der Waals surface area contributed by atoms with Crippen molar-refractivity contribution in [2.45, 2.75) is 31.4 Å². The molecule has 0 radical (unpaired) electrons. The van der Waals surface area contributed by atoms with E-state index >= 15 is 0 Å². The Bertz CT molecular complexity index is 980. The van der Waals surface area contributed by atoms with Crippen molar-refractivity contribution in [1.82, 2.24) is 15.1 Å². The van der Waals surface area contributed by atoms with Gasteiger partial charge in [0.15, 0.2) is 0 Å². The molecule has 192 valence electrons. The monoisotopic (exact) mass is 526 g/mol. The number of carbonyl (C=O) groups is 4. The number of amides is 3. The summed E-state index contributed by atoms with van der Waals surface area (Å²) in [6.45, 7) is 6.02. The Hall–Kier alpha value is -2.61. The van der Waals surface area contributed by atoms with Crippen molar-refractivity contribution in [2.24, 2.45) is 5.73 Å². The number of methoxy groups -OCH3 is 1. The number of β-lactam (4-membered cyclic amide) rings is 1. The van der Waals surface area contributed by atoms with Gasteiger partial charge in [0.25, 0.3) is 11.6 Å². The van der Waals surface area contributed by atoms with Crippen LogP contribution in [0.3, 0.4) is 0 Å². The van der Waals surface area contributed by atoms with E-state index in [1.54, 1.807) is 0 Å². The Morgan fingerprint density at radius 2 is 2.03 bits per heavy atom. The highest BCUT2D eigenvalue weighted by Gasteiger charge is 2.66. The van der Waals surface area contributed by atoms with Crippen LogP contribution < -0.4 is 11.1 Å². The van der Waals surface area contributed by atoms with Crippen molar-refractivity contribution in [1.29, 1.82) is 0 Å². The van der Waals surface area contributed by atoms with Crippen LogP contribution in [0.25, 0.3) is 0 Å². The quantitative estimate of drug-likeness (QED) is 0.231. The van der Waals surface area contributed by atoms with Crippen LogP contribution >= 0.6 is 23.1 Å². The van der Waals surface area contributed by atoms with Gasteiger partial charge in [0.1, 0.15) is 24.3 Å². The first-order chi connectivity index (χ1) is 16.8. The molecule has 0 aliphatic carbocycles. The summed E-state index contributed by atoms with van der Waals surface area (Å²) >= 11 is 2.71. The van der Waals surface area contributed by atoms with Gasteiger partial charge in [-0.3, -0.25) is 14.5 Å². The maximum Gasteiger partial charge on any atom is 0.404 e. The average Bonchev–Trinajstić information content (AvgIpc) is 3.35. The topological polar surface area (TPSA) is 140 Å². The van der Waals surface area contributed by atoms with Crippen molar-refractivity contribution in [3.8, 4) is 0 Å². The molecule has 11 nitrogen and oxygen atoms in total. The molecule has 3 rings (SSSR count). The maximum atomic E-state index is 13.4. The zero-order chi connectivity index (χ0) is 25.6. The second-order valence-electron chi connectivity index (χ2n) is 7.81. The summed E-state index contributed by atoms with van der Waals surface area (Å²) in [5.41, 5.74) is 3.85. The number of likely N-dealkylation sites (N-methyl/N-ethyl adjacent to an activating group) is 1. The number of thiophene rings is 1. The van der Waals surface area contributed by atoms with Crippen LogP contribution in [0.1, 0.15) is 18.7 Å². The number of hydrogen-bond acceptors (Lipinski definition) is 10. The van der Waals surface area contributed by atoms with Gasteiger partial charge in [-0.05, 0) is 24.5 Å². The van der Waals surface area contributed by atoms with Crippen LogP contribution in [0.4, 0.5) is 4.79 Å². The maximum absolute atomic E-state index is 13.4. The minimum Gasteiger partial charge on any atom is -0.460 e. The molecule has 0 aromatic carbocycles. The van der Waals surface area contributed by atoms with Crippen LogP contribution in [0, 0.1) is 0 Å². The fourth-order valence-corrected chi connectivity index (χ4v) is 6.02. The van der Waals surface area contributed by atoms with Gasteiger partial charge in [0.05, 0.1) is 6.42 Å². The van der Waals surface area contributed by atoms with E-state index in [9.17, 15) is 19.2 Å². The van der Waals surface area contributed by atoms with Crippen molar-refractivity contribution >= 4 is 47.0 Å². The SMILES string of the molecule is CCN(CC)CCOC(=O)C1=C(COC(N)=O)CS[C@H]2N1C(=O)[C@]2(NC(=O)Cc1cccs1)OC. The molecule has 0 unspecified atom stereocenters. The zero-order valence-electron chi connectivity index (χ0n) is 19.9. The summed E-state index contributed by atoms with van der Waals surface area (Å²) in [6, 6.07) is 3.67. The molecular weight excluding hydrogens is 496 g/mol. The molecule has 2 aliphatic heterocycles. The molecule has 3 heterocycles. The van der Waals surface area contributed by atoms with Crippen LogP contribution in [-0.4, -0.2) is 90.5 Å². The molecule has 1 aromatic rings. The van der Waals surface area contributed by atoms with E-state index in [0.29, 0.717) is 12.1 Å². The third-order valence-corrected chi connectivity index (χ3v) is 8.04. The summed E-state index contributed by atoms with van der Waals surface area (Å²) in [4.78, 5) is 54.4. The number of thioether (sulfide) groups is 1. The van der Waals surface area contributed by atoms with Gasteiger partial charge < -0.3 is 30.2 Å². The van der Waals surface area contributed by atoms with Crippen LogP contribution in [0.2, 0.25) is 0 Å². The van der Waals surface area contributed by atoms with Crippen LogP contribution in [0.5, 0.6) is 0 Å². The van der Waals surface area contributed by atoms with E-state index in [2.05, 4.69) is 10.2 Å². The molecule has 1 saturated heterocycles. The molecule has 13 heteroatoms. The van der Waals surface area contributed by atoms with E-state index in [0.717, 1.165) is 18.0 Å². The van der Waals surface area contributed by atoms with Crippen molar-refractivity contribution < 1.29 is 33.4 Å². The first-order valence-electron chi connectivity index (χ1n) is 11.1. The minimum absolute atomic E-state index is 0.0141. The van der Waals surface area contributed by atoms with Gasteiger partial charge in [0, 0.05) is 29.9 Å². The van der Waals surface area contributed by atoms with Crippen molar-refractivity contribution in [3.63, 3.8) is 0 Å². The van der Waals surface area contributed by atoms with E-state index in [1.807, 2.05) is 31.4 Å². The number of nitrogens with zero attached hydrogens (tertiary/aromatic N) is 2. The lowest BCUT2D eigenvalue weighted by Gasteiger charge is -2.55. The predicted molar refractivity (Wildman–Crippen MR) is 130 cm³/mol. The Kier molecular flexibility index (Phi) is 9.16. The summed E-state index contributed by atoms with van der Waals surface area (Å²) in [6.07, 6.45) is -0.901. The third kappa shape index (κ3) is 5.80. The molecule has 1 fully saturated rings. The van der Waals surface area contributed by atoms with E-state index in [1.165, 1.54) is 35.1 Å². The number of ether oxygens (including phenoxy) is 3. The standard InChI is InChI=1S/C22H30N4O7S2/c1-4-25(5-2)8-9-32-18(28)17-14(12-33-21(23)30)13-35-20-22(31-3,19(29)26(17)20)24-16(27)11-15-7-6-10-34-15/h6-7,10,20H,4-5,8-9,11-13H2,1-3H3,(H2,23,30)(H,24,27)/t20-,22+/m1/s1. The van der Waals surface area contributed by atoms with E-state index in [-0.39, 0.29) is 37.0 Å². The molecule has 35 heavy (non-hydrogen) atoms. The van der Waals surface area contributed by atoms with Gasteiger partial charge in [-0.1, -0.05) is 19.9 Å². The van der Waals surface area contributed by atoms with Gasteiger partial charge in [-0.25, -0.2) is 9.59 Å². The number of carbonyl (C=O) groups excluding carboxylic acids is 4. The largest absolute Gasteiger partial charge is 0.460 e. The molecule has 2 atom stereocenters. The molecular formula is C22H30N4O7S2. The van der Waals surface area contributed by atoms with Crippen molar-refractivity contribution in [2.75, 3.05) is 45.7 Å². The second kappa shape index (κ2) is 11.9. The summed E-state index contributed by atoms with van der Waals surface area (Å²) in [5.74, 6) is -1.45. The lowest BCUT2D eigenvalue weighted by atomic mass is 9.98. The first-order valence-corrected chi connectivity index (χ1v) is 13.1. The Balaban J connectivity index is 1.79. The summed E-state index contributed by atoms with van der Waals surface area (Å²) in [7, 11) is 1.33. The van der Waals surface area contributed by atoms with Gasteiger partial charge >= 0.3 is 12.1 Å². The number of hydrogen-bond donors (Lipinski definition) is 2. The number of nitrogens with one attached hydrogen (secondary N) is 1. The molecule has 0 bridgehead atoms. The summed E-state index contributed by atoms with van der Waals surface area (Å²) < 4.78 is 15.9. The number of primary amides is 1. The zero-order valence-corrected chi connectivity index (χ0v) is 21.5. The number of nitrogens with two attached hydrogens (primary N) is 1. The van der Waals surface area contributed by atoms with E-state index < -0.39 is 29.1 Å². The first kappa shape index (κ1) is 27.0. The smallest absolute Gasteiger partial charge is 0.404 e. The highest BCUT2D eigenvalue weighted by atomic mass is 32.2. The molecule has 2 aliphatic rings. The number of esters is 1. The minimum atomic E-state index is -1.62. The molecule has 0 spiro atoms. The van der Waals surface area contributed by atoms with Gasteiger partial charge in [0.2, 0.25) is 5.91 Å². The lowest BCUT2D eigenvalue weighted by molar-refractivity contribution is -0.193. The van der Waals surface area contributed by atoms with E-state index in [4.69, 9.17) is 19.9 Å². The fourth-order valence-electron chi connectivity index (χ4n) is 3.90. The normalized spacial score (nSPS) is 21.4. The molecule has 0 saturated carbocycles. The average molecular weight is 527 g/mol. The van der Waals surface area contributed by atoms with Crippen molar-refractivity contribution in [3.05, 3.63) is 33.7 Å². The number of fused-ring (bicyclic) bond motifs is 1. The van der Waals surface area contributed by atoms with Gasteiger partial charge in [-0.15, -0.1) is 23.1 Å². The lowest BCUT2D eigenvalue weighted by Crippen LogP contribution is -2.80. The Morgan fingerprint density at radius 3 is 2.63 bits per heavy atom. The predicted octanol–water partition coefficient (Wildman–Crippen LogP) is 0.899. The molecule has 3 N–H and O–H groups in total.